The molecule has 540 valence electrons. The van der Waals surface area contributed by atoms with Gasteiger partial charge in [-0.05, 0) is 122 Å². The van der Waals surface area contributed by atoms with Crippen LogP contribution in [0, 0.1) is 0 Å². The number of nitrogens with zero attached hydrogens (tertiary/aromatic N) is 1. The Morgan fingerprint density at radius 1 is 0.316 bits per heavy atom. The van der Waals surface area contributed by atoms with Crippen molar-refractivity contribution >= 4 is 17.9 Å². The zero-order chi connectivity index (χ0) is 69.0. The molecule has 0 saturated carbocycles. The molecule has 0 aromatic carbocycles. The van der Waals surface area contributed by atoms with E-state index in [1.807, 2.05) is 21.1 Å². The monoisotopic (exact) mass is 1320 g/mol. The van der Waals surface area contributed by atoms with Gasteiger partial charge in [0.05, 0.1) is 40.3 Å². The number of ether oxygens (including phenoxy) is 4. The molecule has 0 aliphatic carbocycles. The van der Waals surface area contributed by atoms with Gasteiger partial charge in [0.2, 0.25) is 0 Å². The Kier molecular flexibility index (Phi) is 70.7. The van der Waals surface area contributed by atoms with Crippen LogP contribution >= 0.6 is 0 Å². The number of likely N-dealkylation sites (N-methyl/N-ethyl adjacent to an activating group) is 1. The highest BCUT2D eigenvalue weighted by Gasteiger charge is 2.22. The average Bonchev–Trinajstić information content (AvgIpc) is 2.92. The lowest BCUT2D eigenvalue weighted by Crippen LogP contribution is -2.44. The van der Waals surface area contributed by atoms with Crippen molar-refractivity contribution in [3.05, 3.63) is 158 Å². The van der Waals surface area contributed by atoms with E-state index in [-0.39, 0.29) is 38.6 Å². The molecular formula is C86H143NO8. The number of rotatable bonds is 70. The largest absolute Gasteiger partial charge is 0.545 e. The summed E-state index contributed by atoms with van der Waals surface area (Å²) < 4.78 is 22.8. The summed E-state index contributed by atoms with van der Waals surface area (Å²) in [6.45, 7) is 4.53. The Labute approximate surface area is 584 Å². The predicted molar refractivity (Wildman–Crippen MR) is 407 cm³/mol. The van der Waals surface area contributed by atoms with Crippen molar-refractivity contribution in [3.8, 4) is 0 Å². The number of esters is 2. The molecular weight excluding hydrogens is 1170 g/mol. The van der Waals surface area contributed by atoms with E-state index in [1.165, 1.54) is 154 Å². The van der Waals surface area contributed by atoms with E-state index < -0.39 is 24.3 Å². The first-order chi connectivity index (χ1) is 46.6. The van der Waals surface area contributed by atoms with Crippen molar-refractivity contribution in [1.29, 1.82) is 0 Å². The van der Waals surface area contributed by atoms with E-state index in [2.05, 4.69) is 172 Å². The smallest absolute Gasteiger partial charge is 0.306 e. The Morgan fingerprint density at radius 2 is 0.568 bits per heavy atom. The maximum absolute atomic E-state index is 13.0. The van der Waals surface area contributed by atoms with E-state index in [0.29, 0.717) is 17.4 Å². The number of carboxylic acids is 1. The molecule has 9 nitrogen and oxygen atoms in total. The number of carboxylic acid groups (broad SMARTS) is 1. The minimum absolute atomic E-state index is 0.142. The van der Waals surface area contributed by atoms with Crippen molar-refractivity contribution in [2.24, 2.45) is 0 Å². The maximum Gasteiger partial charge on any atom is 0.306 e. The third kappa shape index (κ3) is 76.1. The van der Waals surface area contributed by atoms with Gasteiger partial charge in [-0.2, -0.15) is 0 Å². The molecule has 0 rings (SSSR count). The molecule has 0 N–H and O–H groups in total. The van der Waals surface area contributed by atoms with Crippen LogP contribution in [0.15, 0.2) is 158 Å². The molecule has 2 unspecified atom stereocenters. The second-order valence-corrected chi connectivity index (χ2v) is 26.5. The molecule has 2 atom stereocenters. The molecule has 0 saturated heterocycles. The van der Waals surface area contributed by atoms with Crippen LogP contribution in [0.2, 0.25) is 0 Å². The summed E-state index contributed by atoms with van der Waals surface area (Å²) in [6.07, 6.45) is 108. The Balaban J connectivity index is 4.08. The quantitative estimate of drug-likeness (QED) is 0.0195. The van der Waals surface area contributed by atoms with Crippen LogP contribution in [0.5, 0.6) is 0 Å². The van der Waals surface area contributed by atoms with Crippen LogP contribution in [0.4, 0.5) is 0 Å². The van der Waals surface area contributed by atoms with E-state index in [0.717, 1.165) is 122 Å². The first-order valence-corrected chi connectivity index (χ1v) is 38.6. The Morgan fingerprint density at radius 3 is 0.842 bits per heavy atom. The van der Waals surface area contributed by atoms with Gasteiger partial charge in [-0.1, -0.05) is 332 Å². The summed E-state index contributed by atoms with van der Waals surface area (Å²) in [7, 11) is 5.93. The van der Waals surface area contributed by atoms with E-state index in [4.69, 9.17) is 18.9 Å². The second-order valence-electron chi connectivity index (χ2n) is 26.5. The summed E-state index contributed by atoms with van der Waals surface area (Å²) >= 11 is 0. The van der Waals surface area contributed by atoms with E-state index in [9.17, 15) is 19.5 Å². The fraction of sp³-hybridized carbons (Fsp3) is 0.663. The topological polar surface area (TPSA) is 111 Å². The summed E-state index contributed by atoms with van der Waals surface area (Å²) in [5.41, 5.74) is 0. The van der Waals surface area contributed by atoms with Gasteiger partial charge < -0.3 is 33.3 Å². The highest BCUT2D eigenvalue weighted by Crippen LogP contribution is 2.17. The SMILES string of the molecule is CC/C=C\C/C=C\C/C=C\C/C=C\C/C=C\C/C=C\C/C=C\C/C=C\CCCCCCCCCCCCCCCCC(=O)OC(COC(=O)CCCCCCCCCCCCCCCCC/C=C\C/C=C\C/C=C\C/C=C\C/C=C\CC)COC(OCC[N+](C)(C)C)C(=O)[O-]. The first kappa shape index (κ1) is 89.9. The minimum Gasteiger partial charge on any atom is -0.545 e. The predicted octanol–water partition coefficient (Wildman–Crippen LogP) is 23.5. The molecule has 95 heavy (non-hydrogen) atoms. The summed E-state index contributed by atoms with van der Waals surface area (Å²) in [4.78, 5) is 37.6. The van der Waals surface area contributed by atoms with Crippen molar-refractivity contribution < 1.29 is 42.9 Å². The van der Waals surface area contributed by atoms with Gasteiger partial charge in [-0.15, -0.1) is 0 Å². The van der Waals surface area contributed by atoms with Gasteiger partial charge in [-0.3, -0.25) is 9.59 Å². The molecule has 0 aliphatic heterocycles. The fourth-order valence-electron chi connectivity index (χ4n) is 10.5. The highest BCUT2D eigenvalue weighted by molar-refractivity contribution is 5.70. The van der Waals surface area contributed by atoms with Crippen molar-refractivity contribution in [2.45, 2.75) is 322 Å². The third-order valence-corrected chi connectivity index (χ3v) is 16.3. The van der Waals surface area contributed by atoms with Crippen LogP contribution in [-0.2, 0) is 33.3 Å². The lowest BCUT2D eigenvalue weighted by atomic mass is 10.0. The van der Waals surface area contributed by atoms with Crippen molar-refractivity contribution in [3.63, 3.8) is 0 Å². The normalized spacial score (nSPS) is 13.6. The van der Waals surface area contributed by atoms with Gasteiger partial charge in [0.15, 0.2) is 12.4 Å². The molecule has 0 aliphatic rings. The average molecular weight is 1320 g/mol. The molecule has 9 heteroatoms. The standard InChI is InChI=1S/C86H143NO8/c1-6-8-10-12-14-16-18-20-22-24-26-28-30-32-34-36-38-39-40-41-42-43-44-45-47-49-51-53-55-57-59-61-63-65-67-69-71-73-75-77-84(89)95-82(81-94-86(85(90)91)92-79-78-87(3,4)5)80-93-83(88)76-74-72-70-68-66-64-62-60-58-56-54-52-50-48-46-37-35-33-31-29-27-25-23-21-19-17-15-13-11-9-7-2/h8-11,14-17,20-23,26-29,32-35,38-39,41-42,44-45,82,86H,6-7,12-13,18-19,24-25,30-31,36-37,40,43,46-81H2,1-5H3/b10-8-,11-9-,16-14-,17-15-,22-20-,23-21-,28-26-,29-27-,34-32-,35-33-,39-38-,42-41-,45-44-. The Bertz CT molecular complexity index is 2130. The number of hydrogen-bond donors (Lipinski definition) is 0. The van der Waals surface area contributed by atoms with Crippen LogP contribution < -0.4 is 5.11 Å². The number of allylic oxidation sites excluding steroid dienone is 26. The fourth-order valence-corrected chi connectivity index (χ4v) is 10.5. The summed E-state index contributed by atoms with van der Waals surface area (Å²) in [5, 5.41) is 11.9. The van der Waals surface area contributed by atoms with Gasteiger partial charge in [0.1, 0.15) is 13.2 Å². The zero-order valence-corrected chi connectivity index (χ0v) is 61.7. The maximum atomic E-state index is 13.0. The number of quaternary nitrogens is 1. The lowest BCUT2D eigenvalue weighted by molar-refractivity contribution is -0.870. The molecule has 0 fully saturated rings. The Hall–Kier alpha value is -5.09. The lowest BCUT2D eigenvalue weighted by Gasteiger charge is -2.26. The van der Waals surface area contributed by atoms with Gasteiger partial charge in [0.25, 0.3) is 0 Å². The van der Waals surface area contributed by atoms with Crippen LogP contribution in [0.3, 0.4) is 0 Å². The van der Waals surface area contributed by atoms with Gasteiger partial charge in [-0.25, -0.2) is 0 Å². The van der Waals surface area contributed by atoms with Crippen molar-refractivity contribution in [1.82, 2.24) is 0 Å². The van der Waals surface area contributed by atoms with Crippen LogP contribution in [0.1, 0.15) is 309 Å². The van der Waals surface area contributed by atoms with Gasteiger partial charge in [0, 0.05) is 12.8 Å². The van der Waals surface area contributed by atoms with Crippen molar-refractivity contribution in [2.75, 3.05) is 47.5 Å². The molecule has 0 aromatic heterocycles. The second kappa shape index (κ2) is 74.7. The van der Waals surface area contributed by atoms with Crippen LogP contribution in [0.25, 0.3) is 0 Å². The van der Waals surface area contributed by atoms with Crippen LogP contribution in [-0.4, -0.2) is 82.3 Å². The van der Waals surface area contributed by atoms with Gasteiger partial charge >= 0.3 is 11.9 Å². The number of hydrogen-bond acceptors (Lipinski definition) is 8. The molecule has 0 amide bonds. The number of aliphatic carboxylic acids is 1. The molecule has 0 aromatic rings. The minimum atomic E-state index is -1.63. The molecule has 0 bridgehead atoms. The first-order valence-electron chi connectivity index (χ1n) is 38.6. The summed E-state index contributed by atoms with van der Waals surface area (Å²) in [5.74, 6) is -2.28. The summed E-state index contributed by atoms with van der Waals surface area (Å²) in [6, 6.07) is 0. The highest BCUT2D eigenvalue weighted by atomic mass is 16.7. The third-order valence-electron chi connectivity index (χ3n) is 16.3. The molecule has 0 spiro atoms. The molecule has 0 heterocycles. The zero-order valence-electron chi connectivity index (χ0n) is 61.7. The van der Waals surface area contributed by atoms with E-state index >= 15 is 0 Å². The number of unbranched alkanes of at least 4 members (excludes halogenated alkanes) is 29. The molecule has 0 radical (unpaired) electrons. The van der Waals surface area contributed by atoms with E-state index in [1.54, 1.807) is 0 Å². The number of carbonyl (C=O) groups excluding carboxylic acids is 3. The number of carbonyl (C=O) groups is 3.